The minimum absolute atomic E-state index is 0.692. The van der Waals surface area contributed by atoms with E-state index in [9.17, 15) is 0 Å². The smallest absolute Gasteiger partial charge is 0.0180 e. The average molecular weight is 269 g/mol. The quantitative estimate of drug-likeness (QED) is 0.866. The van der Waals surface area contributed by atoms with Gasteiger partial charge in [0, 0.05) is 6.54 Å². The van der Waals surface area contributed by atoms with Crippen LogP contribution >= 0.6 is 0 Å². The first-order valence-electron chi connectivity index (χ1n) is 8.53. The number of benzene rings is 1. The Morgan fingerprint density at radius 2 is 1.45 bits per heavy atom. The summed E-state index contributed by atoms with van der Waals surface area (Å²) in [7, 11) is 0. The number of hydrogen-bond acceptors (Lipinski definition) is 1. The highest BCUT2D eigenvalue weighted by Crippen LogP contribution is 2.61. The summed E-state index contributed by atoms with van der Waals surface area (Å²) >= 11 is 0. The lowest BCUT2D eigenvalue weighted by Crippen LogP contribution is -2.46. The summed E-state index contributed by atoms with van der Waals surface area (Å²) in [6.45, 7) is 0.692. The Morgan fingerprint density at radius 3 is 2.00 bits per heavy atom. The summed E-state index contributed by atoms with van der Waals surface area (Å²) in [5.74, 6) is 3.23. The fraction of sp³-hybridized carbons (Fsp3) is 0.684. The Labute approximate surface area is 122 Å². The van der Waals surface area contributed by atoms with E-state index in [1.54, 1.807) is 19.3 Å². The van der Waals surface area contributed by atoms with E-state index in [0.29, 0.717) is 12.0 Å². The first-order chi connectivity index (χ1) is 9.76. The summed E-state index contributed by atoms with van der Waals surface area (Å²) in [6.07, 6.45) is 11.9. The van der Waals surface area contributed by atoms with Gasteiger partial charge in [0.25, 0.3) is 0 Å². The van der Waals surface area contributed by atoms with Crippen LogP contribution in [0.25, 0.3) is 0 Å². The van der Waals surface area contributed by atoms with E-state index in [-0.39, 0.29) is 0 Å². The highest BCUT2D eigenvalue weighted by Gasteiger charge is 2.50. The van der Waals surface area contributed by atoms with Crippen LogP contribution in [-0.2, 0) is 13.0 Å². The number of aryl methyl sites for hydroxylation is 1. The Hall–Kier alpha value is -0.820. The third-order valence-electron chi connectivity index (χ3n) is 6.43. The zero-order valence-corrected chi connectivity index (χ0v) is 12.5. The van der Waals surface area contributed by atoms with Gasteiger partial charge in [-0.1, -0.05) is 24.3 Å². The molecule has 1 aromatic carbocycles. The van der Waals surface area contributed by atoms with Crippen molar-refractivity contribution in [2.75, 3.05) is 0 Å². The van der Waals surface area contributed by atoms with Crippen LogP contribution in [0.3, 0.4) is 0 Å². The van der Waals surface area contributed by atoms with Crippen molar-refractivity contribution in [3.8, 4) is 0 Å². The normalized spacial score (nSPS) is 38.4. The van der Waals surface area contributed by atoms with Crippen LogP contribution in [0.2, 0.25) is 0 Å². The van der Waals surface area contributed by atoms with Crippen molar-refractivity contribution in [3.05, 3.63) is 35.4 Å². The number of hydrogen-bond donors (Lipinski definition) is 1. The lowest BCUT2D eigenvalue weighted by molar-refractivity contribution is -0.0569. The molecule has 20 heavy (non-hydrogen) atoms. The molecule has 0 spiro atoms. The van der Waals surface area contributed by atoms with Crippen molar-refractivity contribution in [1.29, 1.82) is 0 Å². The molecule has 0 amide bonds. The first-order valence-corrected chi connectivity index (χ1v) is 8.53. The lowest BCUT2D eigenvalue weighted by Gasteiger charge is -2.57. The van der Waals surface area contributed by atoms with Crippen molar-refractivity contribution in [2.45, 2.75) is 57.9 Å². The molecule has 1 heteroatoms. The lowest BCUT2D eigenvalue weighted by atomic mass is 9.48. The molecule has 0 saturated heterocycles. The fourth-order valence-corrected chi connectivity index (χ4v) is 6.00. The van der Waals surface area contributed by atoms with Crippen LogP contribution in [0.1, 0.15) is 56.1 Å². The van der Waals surface area contributed by atoms with E-state index in [2.05, 4.69) is 24.3 Å². The third-order valence-corrected chi connectivity index (χ3v) is 6.43. The molecule has 0 aromatic heterocycles. The fourth-order valence-electron chi connectivity index (χ4n) is 6.00. The van der Waals surface area contributed by atoms with Gasteiger partial charge in [-0.05, 0) is 85.7 Å². The van der Waals surface area contributed by atoms with Crippen LogP contribution < -0.4 is 5.73 Å². The molecule has 1 nitrogen and oxygen atoms in total. The predicted molar refractivity (Wildman–Crippen MR) is 83.3 cm³/mol. The van der Waals surface area contributed by atoms with E-state index in [0.717, 1.165) is 17.8 Å². The van der Waals surface area contributed by atoms with E-state index >= 15 is 0 Å². The molecule has 2 N–H and O–H groups in total. The molecule has 4 aliphatic rings. The van der Waals surface area contributed by atoms with Gasteiger partial charge in [0.1, 0.15) is 0 Å². The van der Waals surface area contributed by atoms with Gasteiger partial charge in [0.15, 0.2) is 0 Å². The van der Waals surface area contributed by atoms with Crippen molar-refractivity contribution in [1.82, 2.24) is 0 Å². The second-order valence-corrected chi connectivity index (χ2v) is 7.89. The van der Waals surface area contributed by atoms with Crippen molar-refractivity contribution >= 4 is 0 Å². The van der Waals surface area contributed by atoms with Gasteiger partial charge >= 0.3 is 0 Å². The maximum Gasteiger partial charge on any atom is 0.0180 e. The standard InChI is InChI=1S/C19H27N/c20-13-18-4-2-1-3-17(18)5-6-19-10-14-7-15(11-19)9-16(8-14)12-19/h1-4,14-16H,5-13,20H2. The Kier molecular flexibility index (Phi) is 3.14. The molecule has 0 unspecified atom stereocenters. The summed E-state index contributed by atoms with van der Waals surface area (Å²) in [4.78, 5) is 0. The molecule has 4 fully saturated rings. The molecule has 4 bridgehead atoms. The van der Waals surface area contributed by atoms with E-state index in [1.807, 2.05) is 0 Å². The zero-order valence-electron chi connectivity index (χ0n) is 12.5. The van der Waals surface area contributed by atoms with Gasteiger partial charge in [-0.25, -0.2) is 0 Å². The molecule has 5 rings (SSSR count). The molecule has 0 heterocycles. The monoisotopic (exact) mass is 269 g/mol. The van der Waals surface area contributed by atoms with Crippen LogP contribution in [0, 0.1) is 23.2 Å². The molecule has 0 atom stereocenters. The molecule has 0 radical (unpaired) electrons. The topological polar surface area (TPSA) is 26.0 Å². The highest BCUT2D eigenvalue weighted by atomic mass is 14.6. The second-order valence-electron chi connectivity index (χ2n) is 7.89. The Morgan fingerprint density at radius 1 is 0.900 bits per heavy atom. The maximum atomic E-state index is 5.89. The summed E-state index contributed by atoms with van der Waals surface area (Å²) in [5.41, 5.74) is 9.46. The van der Waals surface area contributed by atoms with Crippen molar-refractivity contribution < 1.29 is 0 Å². The summed E-state index contributed by atoms with van der Waals surface area (Å²) in [6, 6.07) is 8.79. The molecule has 1 aromatic rings. The Balaban J connectivity index is 1.49. The Bertz CT molecular complexity index is 455. The van der Waals surface area contributed by atoms with Gasteiger partial charge in [-0.15, -0.1) is 0 Å². The second kappa shape index (κ2) is 4.87. The first kappa shape index (κ1) is 12.9. The average Bonchev–Trinajstić information content (AvgIpc) is 2.44. The molecule has 4 saturated carbocycles. The molecular weight excluding hydrogens is 242 g/mol. The van der Waals surface area contributed by atoms with Gasteiger partial charge in [0.05, 0.1) is 0 Å². The van der Waals surface area contributed by atoms with Gasteiger partial charge in [0.2, 0.25) is 0 Å². The van der Waals surface area contributed by atoms with Gasteiger partial charge in [-0.3, -0.25) is 0 Å². The summed E-state index contributed by atoms with van der Waals surface area (Å²) < 4.78 is 0. The number of nitrogens with two attached hydrogens (primary N) is 1. The van der Waals surface area contributed by atoms with Crippen molar-refractivity contribution in [2.24, 2.45) is 28.9 Å². The molecule has 0 aliphatic heterocycles. The summed E-state index contributed by atoms with van der Waals surface area (Å²) in [5, 5.41) is 0. The van der Waals surface area contributed by atoms with Gasteiger partial charge < -0.3 is 5.73 Å². The van der Waals surface area contributed by atoms with Crippen LogP contribution in [0.15, 0.2) is 24.3 Å². The van der Waals surface area contributed by atoms with Crippen molar-refractivity contribution in [3.63, 3.8) is 0 Å². The van der Waals surface area contributed by atoms with Crippen LogP contribution in [0.5, 0.6) is 0 Å². The van der Waals surface area contributed by atoms with E-state index < -0.39 is 0 Å². The largest absolute Gasteiger partial charge is 0.326 e. The molecule has 4 aliphatic carbocycles. The SMILES string of the molecule is NCc1ccccc1CCC12CC3CC(CC(C3)C1)C2. The number of rotatable bonds is 4. The maximum absolute atomic E-state index is 5.89. The third kappa shape index (κ3) is 2.20. The van der Waals surface area contributed by atoms with Gasteiger partial charge in [-0.2, -0.15) is 0 Å². The zero-order chi connectivity index (χ0) is 13.6. The van der Waals surface area contributed by atoms with E-state index in [1.165, 1.54) is 43.2 Å². The highest BCUT2D eigenvalue weighted by molar-refractivity contribution is 5.27. The minimum Gasteiger partial charge on any atom is -0.326 e. The van der Waals surface area contributed by atoms with Crippen LogP contribution in [-0.4, -0.2) is 0 Å². The van der Waals surface area contributed by atoms with Crippen LogP contribution in [0.4, 0.5) is 0 Å². The van der Waals surface area contributed by atoms with E-state index in [4.69, 9.17) is 5.73 Å². The molecule has 108 valence electrons. The molecular formula is C19H27N. The minimum atomic E-state index is 0.692. The predicted octanol–water partition coefficient (Wildman–Crippen LogP) is 4.29.